The standard InChI is InChI=1S/C20H20N4O/c25-20(14-24-11-5-7-15-6-1-4-10-19(15)24)23-22-13-16-12-21-18-9-3-2-8-17(16)18/h1-4,6,8-10,12-13,21H,5,7,11,14H2,(H,23,25)/b22-13+. The Morgan fingerprint density at radius 2 is 2.04 bits per heavy atom. The molecule has 4 rings (SSSR count). The molecule has 0 bridgehead atoms. The molecular formula is C20H20N4O. The normalized spacial score (nSPS) is 14.0. The van der Waals surface area contributed by atoms with E-state index < -0.39 is 0 Å². The highest BCUT2D eigenvalue weighted by Gasteiger charge is 2.18. The van der Waals surface area contributed by atoms with Crippen LogP contribution in [-0.4, -0.2) is 30.2 Å². The summed E-state index contributed by atoms with van der Waals surface area (Å²) >= 11 is 0. The predicted molar refractivity (Wildman–Crippen MR) is 101 cm³/mol. The van der Waals surface area contributed by atoms with E-state index in [-0.39, 0.29) is 5.91 Å². The predicted octanol–water partition coefficient (Wildman–Crippen LogP) is 3.07. The molecule has 0 unspecified atom stereocenters. The van der Waals surface area contributed by atoms with E-state index in [0.717, 1.165) is 41.5 Å². The van der Waals surface area contributed by atoms with Gasteiger partial charge in [0.15, 0.2) is 0 Å². The van der Waals surface area contributed by atoms with Crippen LogP contribution in [-0.2, 0) is 11.2 Å². The van der Waals surface area contributed by atoms with E-state index >= 15 is 0 Å². The molecule has 0 atom stereocenters. The number of carbonyl (C=O) groups excluding carboxylic acids is 1. The Labute approximate surface area is 146 Å². The van der Waals surface area contributed by atoms with Crippen molar-refractivity contribution >= 4 is 28.7 Å². The van der Waals surface area contributed by atoms with Gasteiger partial charge in [-0.15, -0.1) is 0 Å². The van der Waals surface area contributed by atoms with Gasteiger partial charge in [0.1, 0.15) is 0 Å². The highest BCUT2D eigenvalue weighted by molar-refractivity contribution is 5.99. The summed E-state index contributed by atoms with van der Waals surface area (Å²) in [7, 11) is 0. The molecule has 2 aromatic carbocycles. The lowest BCUT2D eigenvalue weighted by molar-refractivity contribution is -0.119. The van der Waals surface area contributed by atoms with Gasteiger partial charge in [-0.05, 0) is 30.5 Å². The molecule has 25 heavy (non-hydrogen) atoms. The summed E-state index contributed by atoms with van der Waals surface area (Å²) in [5.74, 6) is -0.104. The van der Waals surface area contributed by atoms with Gasteiger partial charge in [0, 0.05) is 34.9 Å². The van der Waals surface area contributed by atoms with Crippen LogP contribution in [0.4, 0.5) is 5.69 Å². The van der Waals surface area contributed by atoms with Crippen LogP contribution in [0.3, 0.4) is 0 Å². The minimum absolute atomic E-state index is 0.104. The van der Waals surface area contributed by atoms with E-state index in [9.17, 15) is 4.79 Å². The molecule has 126 valence electrons. The molecule has 2 heterocycles. The molecule has 1 amide bonds. The van der Waals surface area contributed by atoms with Gasteiger partial charge in [-0.25, -0.2) is 5.43 Å². The Morgan fingerprint density at radius 3 is 3.00 bits per heavy atom. The fraction of sp³-hybridized carbons (Fsp3) is 0.200. The van der Waals surface area contributed by atoms with Crippen LogP contribution in [0.5, 0.6) is 0 Å². The van der Waals surface area contributed by atoms with Crippen LogP contribution in [0.25, 0.3) is 10.9 Å². The summed E-state index contributed by atoms with van der Waals surface area (Å²) in [6, 6.07) is 16.3. The van der Waals surface area contributed by atoms with Gasteiger partial charge in [-0.2, -0.15) is 5.10 Å². The maximum absolute atomic E-state index is 12.2. The number of nitrogens with zero attached hydrogens (tertiary/aromatic N) is 2. The lowest BCUT2D eigenvalue weighted by atomic mass is 10.0. The number of carbonyl (C=O) groups is 1. The molecular weight excluding hydrogens is 312 g/mol. The average Bonchev–Trinajstić information content (AvgIpc) is 3.05. The van der Waals surface area contributed by atoms with Crippen molar-refractivity contribution in [2.75, 3.05) is 18.0 Å². The van der Waals surface area contributed by atoms with E-state index in [2.05, 4.69) is 32.5 Å². The first-order valence-electron chi connectivity index (χ1n) is 8.52. The second-order valence-corrected chi connectivity index (χ2v) is 6.24. The van der Waals surface area contributed by atoms with E-state index in [0.29, 0.717) is 6.54 Å². The number of aryl methyl sites for hydroxylation is 1. The minimum atomic E-state index is -0.104. The highest BCUT2D eigenvalue weighted by atomic mass is 16.2. The lowest BCUT2D eigenvalue weighted by Gasteiger charge is -2.30. The summed E-state index contributed by atoms with van der Waals surface area (Å²) in [4.78, 5) is 17.6. The molecule has 0 saturated heterocycles. The molecule has 3 aromatic rings. The molecule has 1 aliphatic rings. The van der Waals surface area contributed by atoms with E-state index in [4.69, 9.17) is 0 Å². The minimum Gasteiger partial charge on any atom is -0.362 e. The molecule has 0 radical (unpaired) electrons. The molecule has 0 spiro atoms. The van der Waals surface area contributed by atoms with Crippen molar-refractivity contribution in [1.82, 2.24) is 10.4 Å². The number of hydrogen-bond donors (Lipinski definition) is 2. The number of para-hydroxylation sites is 2. The number of hydrazone groups is 1. The van der Waals surface area contributed by atoms with Crippen molar-refractivity contribution in [2.45, 2.75) is 12.8 Å². The van der Waals surface area contributed by atoms with Crippen molar-refractivity contribution in [3.05, 3.63) is 65.9 Å². The molecule has 1 aliphatic heterocycles. The number of fused-ring (bicyclic) bond motifs is 2. The highest BCUT2D eigenvalue weighted by Crippen LogP contribution is 2.26. The first-order valence-corrected chi connectivity index (χ1v) is 8.52. The largest absolute Gasteiger partial charge is 0.362 e. The van der Waals surface area contributed by atoms with Crippen LogP contribution in [0, 0.1) is 0 Å². The summed E-state index contributed by atoms with van der Waals surface area (Å²) in [5.41, 5.74) is 7.12. The molecule has 0 saturated carbocycles. The zero-order chi connectivity index (χ0) is 17.1. The topological polar surface area (TPSA) is 60.5 Å². The number of anilines is 1. The Bertz CT molecular complexity index is 928. The van der Waals surface area contributed by atoms with Crippen molar-refractivity contribution < 1.29 is 4.79 Å². The number of benzene rings is 2. The average molecular weight is 332 g/mol. The Morgan fingerprint density at radius 1 is 1.20 bits per heavy atom. The van der Waals surface area contributed by atoms with Gasteiger partial charge in [0.05, 0.1) is 12.8 Å². The summed E-state index contributed by atoms with van der Waals surface area (Å²) in [6.07, 6.45) is 5.72. The Hall–Kier alpha value is -3.08. The number of hydrogen-bond acceptors (Lipinski definition) is 3. The lowest BCUT2D eigenvalue weighted by Crippen LogP contribution is -2.38. The SMILES string of the molecule is O=C(CN1CCCc2ccccc21)N/N=C/c1c[nH]c2ccccc12. The van der Waals surface area contributed by atoms with Crippen molar-refractivity contribution in [1.29, 1.82) is 0 Å². The van der Waals surface area contributed by atoms with Crippen LogP contribution >= 0.6 is 0 Å². The van der Waals surface area contributed by atoms with Gasteiger partial charge in [0.25, 0.3) is 5.91 Å². The fourth-order valence-corrected chi connectivity index (χ4v) is 3.36. The first kappa shape index (κ1) is 15.4. The fourth-order valence-electron chi connectivity index (χ4n) is 3.36. The Kier molecular flexibility index (Phi) is 4.21. The quantitative estimate of drug-likeness (QED) is 0.570. The van der Waals surface area contributed by atoms with Gasteiger partial charge in [0.2, 0.25) is 0 Å². The zero-order valence-corrected chi connectivity index (χ0v) is 13.9. The summed E-state index contributed by atoms with van der Waals surface area (Å²) < 4.78 is 0. The molecule has 0 fully saturated rings. The zero-order valence-electron chi connectivity index (χ0n) is 13.9. The van der Waals surface area contributed by atoms with Crippen molar-refractivity contribution in [3.8, 4) is 0 Å². The monoisotopic (exact) mass is 332 g/mol. The second-order valence-electron chi connectivity index (χ2n) is 6.24. The maximum atomic E-state index is 12.2. The van der Waals surface area contributed by atoms with Crippen molar-refractivity contribution in [3.63, 3.8) is 0 Å². The van der Waals surface area contributed by atoms with E-state index in [1.54, 1.807) is 6.21 Å². The third-order valence-corrected chi connectivity index (χ3v) is 4.56. The van der Waals surface area contributed by atoms with E-state index in [1.807, 2.05) is 42.6 Å². The van der Waals surface area contributed by atoms with Gasteiger partial charge in [-0.1, -0.05) is 36.4 Å². The van der Waals surface area contributed by atoms with Crippen LogP contribution in [0.2, 0.25) is 0 Å². The number of amides is 1. The number of aromatic nitrogens is 1. The Balaban J connectivity index is 1.40. The molecule has 0 aliphatic carbocycles. The third-order valence-electron chi connectivity index (χ3n) is 4.56. The molecule has 5 heteroatoms. The third kappa shape index (κ3) is 3.26. The smallest absolute Gasteiger partial charge is 0.259 e. The summed E-state index contributed by atoms with van der Waals surface area (Å²) in [5, 5.41) is 5.20. The number of H-pyrrole nitrogens is 1. The van der Waals surface area contributed by atoms with Crippen LogP contribution < -0.4 is 10.3 Å². The molecule has 2 N–H and O–H groups in total. The molecule has 5 nitrogen and oxygen atoms in total. The molecule has 1 aromatic heterocycles. The summed E-state index contributed by atoms with van der Waals surface area (Å²) in [6.45, 7) is 1.22. The van der Waals surface area contributed by atoms with Gasteiger partial charge < -0.3 is 9.88 Å². The number of nitrogens with one attached hydrogen (secondary N) is 2. The van der Waals surface area contributed by atoms with Crippen LogP contribution in [0.1, 0.15) is 17.5 Å². The second kappa shape index (κ2) is 6.81. The van der Waals surface area contributed by atoms with E-state index in [1.165, 1.54) is 5.56 Å². The van der Waals surface area contributed by atoms with Crippen LogP contribution in [0.15, 0.2) is 59.8 Å². The van der Waals surface area contributed by atoms with Gasteiger partial charge >= 0.3 is 0 Å². The maximum Gasteiger partial charge on any atom is 0.259 e. The number of aromatic amines is 1. The van der Waals surface area contributed by atoms with Crippen molar-refractivity contribution in [2.24, 2.45) is 5.10 Å². The number of rotatable bonds is 4. The first-order chi connectivity index (χ1) is 12.3. The van der Waals surface area contributed by atoms with Gasteiger partial charge in [-0.3, -0.25) is 4.79 Å².